The normalized spacial score (nSPS) is 20.0. The van der Waals surface area contributed by atoms with Crippen molar-refractivity contribution in [3.05, 3.63) is 18.1 Å². The SMILES string of the molecule is Cc1nccnc1N(C)[C@H]1CCCNC1.Cl. The minimum absolute atomic E-state index is 0. The minimum Gasteiger partial charge on any atom is -0.354 e. The van der Waals surface area contributed by atoms with E-state index in [0.29, 0.717) is 6.04 Å². The third-order valence-electron chi connectivity index (χ3n) is 3.01. The van der Waals surface area contributed by atoms with Gasteiger partial charge in [0.15, 0.2) is 0 Å². The van der Waals surface area contributed by atoms with Gasteiger partial charge < -0.3 is 10.2 Å². The molecule has 0 unspecified atom stereocenters. The number of piperidine rings is 1. The van der Waals surface area contributed by atoms with Gasteiger partial charge in [0, 0.05) is 32.0 Å². The van der Waals surface area contributed by atoms with Gasteiger partial charge >= 0.3 is 0 Å². The fourth-order valence-corrected chi connectivity index (χ4v) is 2.08. The highest BCUT2D eigenvalue weighted by molar-refractivity contribution is 5.85. The fraction of sp³-hybridized carbons (Fsp3) is 0.636. The first-order valence-electron chi connectivity index (χ1n) is 5.50. The Morgan fingerprint density at radius 1 is 1.38 bits per heavy atom. The average Bonchev–Trinajstić information content (AvgIpc) is 2.30. The van der Waals surface area contributed by atoms with Gasteiger partial charge in [-0.05, 0) is 26.3 Å². The molecule has 1 aromatic rings. The number of halogens is 1. The van der Waals surface area contributed by atoms with Crippen molar-refractivity contribution in [2.75, 3.05) is 25.0 Å². The zero-order valence-corrected chi connectivity index (χ0v) is 10.6. The van der Waals surface area contributed by atoms with Gasteiger partial charge in [-0.25, -0.2) is 4.98 Å². The van der Waals surface area contributed by atoms with Crippen molar-refractivity contribution in [3.8, 4) is 0 Å². The molecule has 16 heavy (non-hydrogen) atoms. The maximum atomic E-state index is 4.39. The number of anilines is 1. The van der Waals surface area contributed by atoms with E-state index < -0.39 is 0 Å². The first kappa shape index (κ1) is 13.2. The Morgan fingerprint density at radius 3 is 2.75 bits per heavy atom. The molecule has 1 aromatic heterocycles. The molecule has 1 aliphatic rings. The van der Waals surface area contributed by atoms with Crippen LogP contribution in [-0.2, 0) is 0 Å². The molecule has 0 amide bonds. The molecule has 0 bridgehead atoms. The van der Waals surface area contributed by atoms with Gasteiger partial charge in [-0.15, -0.1) is 12.4 Å². The number of aromatic nitrogens is 2. The molecule has 5 heteroatoms. The average molecular weight is 243 g/mol. The largest absolute Gasteiger partial charge is 0.354 e. The van der Waals surface area contributed by atoms with Gasteiger partial charge in [-0.2, -0.15) is 0 Å². The highest BCUT2D eigenvalue weighted by Gasteiger charge is 2.19. The number of rotatable bonds is 2. The van der Waals surface area contributed by atoms with Crippen LogP contribution in [0, 0.1) is 6.92 Å². The Labute approximate surface area is 103 Å². The highest BCUT2D eigenvalue weighted by atomic mass is 35.5. The van der Waals surface area contributed by atoms with E-state index in [2.05, 4.69) is 27.2 Å². The summed E-state index contributed by atoms with van der Waals surface area (Å²) in [6, 6.07) is 0.550. The van der Waals surface area contributed by atoms with E-state index in [4.69, 9.17) is 0 Å². The Hall–Kier alpha value is -0.870. The second kappa shape index (κ2) is 6.01. The Bertz CT molecular complexity index is 326. The lowest BCUT2D eigenvalue weighted by Crippen LogP contribution is -2.44. The summed E-state index contributed by atoms with van der Waals surface area (Å²) in [5.74, 6) is 1.01. The number of hydrogen-bond acceptors (Lipinski definition) is 4. The molecule has 1 aliphatic heterocycles. The lowest BCUT2D eigenvalue weighted by Gasteiger charge is -2.32. The maximum Gasteiger partial charge on any atom is 0.150 e. The smallest absolute Gasteiger partial charge is 0.150 e. The van der Waals surface area contributed by atoms with E-state index in [1.165, 1.54) is 12.8 Å². The molecule has 1 N–H and O–H groups in total. The van der Waals surface area contributed by atoms with E-state index in [-0.39, 0.29) is 12.4 Å². The third-order valence-corrected chi connectivity index (χ3v) is 3.01. The van der Waals surface area contributed by atoms with Crippen molar-refractivity contribution in [1.29, 1.82) is 0 Å². The molecular weight excluding hydrogens is 224 g/mol. The summed E-state index contributed by atoms with van der Waals surface area (Å²) < 4.78 is 0. The van der Waals surface area contributed by atoms with Gasteiger partial charge in [0.1, 0.15) is 5.82 Å². The van der Waals surface area contributed by atoms with Crippen LogP contribution in [0.3, 0.4) is 0 Å². The van der Waals surface area contributed by atoms with Crippen LogP contribution in [0.2, 0.25) is 0 Å². The van der Waals surface area contributed by atoms with E-state index in [0.717, 1.165) is 24.6 Å². The first-order chi connectivity index (χ1) is 7.29. The zero-order valence-electron chi connectivity index (χ0n) is 9.81. The lowest BCUT2D eigenvalue weighted by atomic mass is 10.1. The molecular formula is C11H19ClN4. The minimum atomic E-state index is 0. The highest BCUT2D eigenvalue weighted by Crippen LogP contribution is 2.18. The van der Waals surface area contributed by atoms with Crippen LogP contribution in [-0.4, -0.2) is 36.1 Å². The van der Waals surface area contributed by atoms with Gasteiger partial charge in [0.25, 0.3) is 0 Å². The van der Waals surface area contributed by atoms with E-state index in [9.17, 15) is 0 Å². The number of likely N-dealkylation sites (N-methyl/N-ethyl adjacent to an activating group) is 1. The van der Waals surface area contributed by atoms with Gasteiger partial charge in [-0.3, -0.25) is 4.98 Å². The second-order valence-corrected chi connectivity index (χ2v) is 4.08. The molecule has 2 rings (SSSR count). The molecule has 1 atom stereocenters. The molecule has 0 saturated carbocycles. The molecule has 1 saturated heterocycles. The predicted octanol–water partition coefficient (Wildman–Crippen LogP) is 1.40. The monoisotopic (exact) mass is 242 g/mol. The van der Waals surface area contributed by atoms with Crippen molar-refractivity contribution in [2.24, 2.45) is 0 Å². The van der Waals surface area contributed by atoms with Crippen molar-refractivity contribution in [3.63, 3.8) is 0 Å². The standard InChI is InChI=1S/C11H18N4.ClH/c1-9-11(14-7-6-13-9)15(2)10-4-3-5-12-8-10;/h6-7,10,12H,3-5,8H2,1-2H3;1H/t10-;/m0./s1. The topological polar surface area (TPSA) is 41.1 Å². The molecule has 90 valence electrons. The zero-order chi connectivity index (χ0) is 10.7. The molecule has 1 fully saturated rings. The molecule has 4 nitrogen and oxygen atoms in total. The number of aryl methyl sites for hydroxylation is 1. The predicted molar refractivity (Wildman–Crippen MR) is 68.3 cm³/mol. The van der Waals surface area contributed by atoms with Gasteiger partial charge in [-0.1, -0.05) is 0 Å². The Kier molecular flexibility index (Phi) is 4.96. The molecule has 0 spiro atoms. The first-order valence-corrected chi connectivity index (χ1v) is 5.50. The summed E-state index contributed by atoms with van der Waals surface area (Å²) in [6.07, 6.45) is 5.98. The van der Waals surface area contributed by atoms with Crippen molar-refractivity contribution in [2.45, 2.75) is 25.8 Å². The van der Waals surface area contributed by atoms with Crippen molar-refractivity contribution >= 4 is 18.2 Å². The fourth-order valence-electron chi connectivity index (χ4n) is 2.08. The van der Waals surface area contributed by atoms with Crippen LogP contribution < -0.4 is 10.2 Å². The summed E-state index contributed by atoms with van der Waals surface area (Å²) in [4.78, 5) is 10.9. The number of nitrogens with zero attached hydrogens (tertiary/aromatic N) is 3. The van der Waals surface area contributed by atoms with Crippen molar-refractivity contribution in [1.82, 2.24) is 15.3 Å². The van der Waals surface area contributed by atoms with Crippen LogP contribution in [0.5, 0.6) is 0 Å². The van der Waals surface area contributed by atoms with E-state index in [1.54, 1.807) is 12.4 Å². The molecule has 0 radical (unpaired) electrons. The Morgan fingerprint density at radius 2 is 2.12 bits per heavy atom. The number of hydrogen-bond donors (Lipinski definition) is 1. The molecule has 0 aromatic carbocycles. The van der Waals surface area contributed by atoms with E-state index >= 15 is 0 Å². The second-order valence-electron chi connectivity index (χ2n) is 4.08. The van der Waals surface area contributed by atoms with Gasteiger partial charge in [0.05, 0.1) is 5.69 Å². The van der Waals surface area contributed by atoms with Crippen LogP contribution in [0.1, 0.15) is 18.5 Å². The summed E-state index contributed by atoms with van der Waals surface area (Å²) >= 11 is 0. The van der Waals surface area contributed by atoms with Crippen LogP contribution in [0.25, 0.3) is 0 Å². The van der Waals surface area contributed by atoms with Crippen LogP contribution in [0.4, 0.5) is 5.82 Å². The molecule has 0 aliphatic carbocycles. The third kappa shape index (κ3) is 2.83. The quantitative estimate of drug-likeness (QED) is 0.851. The Balaban J connectivity index is 0.00000128. The molecule has 2 heterocycles. The van der Waals surface area contributed by atoms with Crippen LogP contribution >= 0.6 is 12.4 Å². The van der Waals surface area contributed by atoms with Crippen LogP contribution in [0.15, 0.2) is 12.4 Å². The maximum absolute atomic E-state index is 4.39. The summed E-state index contributed by atoms with van der Waals surface area (Å²) in [6.45, 7) is 4.20. The summed E-state index contributed by atoms with van der Waals surface area (Å²) in [5.41, 5.74) is 1.01. The van der Waals surface area contributed by atoms with Gasteiger partial charge in [0.2, 0.25) is 0 Å². The lowest BCUT2D eigenvalue weighted by molar-refractivity contribution is 0.442. The number of nitrogens with one attached hydrogen (secondary N) is 1. The summed E-state index contributed by atoms with van der Waals surface area (Å²) in [5, 5.41) is 3.42. The summed E-state index contributed by atoms with van der Waals surface area (Å²) in [7, 11) is 2.11. The van der Waals surface area contributed by atoms with E-state index in [1.807, 2.05) is 6.92 Å². The van der Waals surface area contributed by atoms with Crippen molar-refractivity contribution < 1.29 is 0 Å².